The maximum absolute atomic E-state index is 12.7. The Kier molecular flexibility index (Phi) is 5.56. The maximum Gasteiger partial charge on any atom is 0.242 e. The van der Waals surface area contributed by atoms with E-state index in [9.17, 15) is 4.79 Å². The minimum Gasteiger partial charge on any atom is -0.483 e. The van der Waals surface area contributed by atoms with E-state index < -0.39 is 0 Å². The summed E-state index contributed by atoms with van der Waals surface area (Å²) in [6.45, 7) is 7.62. The molecule has 5 heteroatoms. The molecule has 0 saturated carbocycles. The quantitative estimate of drug-likeness (QED) is 0.645. The SMILES string of the molecule is CCN(CC)C(=O)Cn1c(C(C)Oc2ccccc2)nc2ccccc21. The van der Waals surface area contributed by atoms with Gasteiger partial charge in [-0.25, -0.2) is 4.98 Å². The second-order valence-corrected chi connectivity index (χ2v) is 6.18. The summed E-state index contributed by atoms with van der Waals surface area (Å²) in [6.07, 6.45) is -0.269. The zero-order valence-corrected chi connectivity index (χ0v) is 15.6. The standard InChI is InChI=1S/C21H25N3O2/c1-4-23(5-2)20(25)15-24-19-14-10-9-13-18(19)22-21(24)16(3)26-17-11-7-6-8-12-17/h6-14,16H,4-5,15H2,1-3H3. The first kappa shape index (κ1) is 18.0. The first-order chi connectivity index (χ1) is 12.6. The lowest BCUT2D eigenvalue weighted by Gasteiger charge is -2.21. The summed E-state index contributed by atoms with van der Waals surface area (Å²) in [6, 6.07) is 17.6. The van der Waals surface area contributed by atoms with Crippen molar-refractivity contribution >= 4 is 16.9 Å². The molecule has 0 aliphatic rings. The monoisotopic (exact) mass is 351 g/mol. The van der Waals surface area contributed by atoms with Crippen molar-refractivity contribution in [2.24, 2.45) is 0 Å². The van der Waals surface area contributed by atoms with Crippen LogP contribution in [0.5, 0.6) is 5.75 Å². The Balaban J connectivity index is 1.95. The van der Waals surface area contributed by atoms with Crippen molar-refractivity contribution in [3.63, 3.8) is 0 Å². The van der Waals surface area contributed by atoms with Gasteiger partial charge in [0.05, 0.1) is 11.0 Å². The molecule has 0 fully saturated rings. The lowest BCUT2D eigenvalue weighted by Crippen LogP contribution is -2.34. The number of carbonyl (C=O) groups is 1. The summed E-state index contributed by atoms with van der Waals surface area (Å²) >= 11 is 0. The molecule has 0 spiro atoms. The van der Waals surface area contributed by atoms with Crippen molar-refractivity contribution in [1.29, 1.82) is 0 Å². The van der Waals surface area contributed by atoms with E-state index in [0.717, 1.165) is 22.6 Å². The Hall–Kier alpha value is -2.82. The second kappa shape index (κ2) is 8.04. The number of hydrogen-bond acceptors (Lipinski definition) is 3. The van der Waals surface area contributed by atoms with Gasteiger partial charge in [0.15, 0.2) is 11.9 Å². The molecule has 1 unspecified atom stereocenters. The Morgan fingerprint density at radius 3 is 2.42 bits per heavy atom. The predicted molar refractivity (Wildman–Crippen MR) is 103 cm³/mol. The van der Waals surface area contributed by atoms with Crippen LogP contribution in [0.15, 0.2) is 54.6 Å². The number of amides is 1. The molecular weight excluding hydrogens is 326 g/mol. The van der Waals surface area contributed by atoms with Crippen LogP contribution in [-0.4, -0.2) is 33.4 Å². The van der Waals surface area contributed by atoms with Gasteiger partial charge in [0.1, 0.15) is 12.3 Å². The first-order valence-corrected chi connectivity index (χ1v) is 9.08. The van der Waals surface area contributed by atoms with Gasteiger partial charge >= 0.3 is 0 Å². The van der Waals surface area contributed by atoms with Crippen molar-refractivity contribution in [3.8, 4) is 5.75 Å². The fraction of sp³-hybridized carbons (Fsp3) is 0.333. The number of imidazole rings is 1. The van der Waals surface area contributed by atoms with Crippen LogP contribution in [0.1, 0.15) is 32.7 Å². The van der Waals surface area contributed by atoms with Crippen LogP contribution in [0, 0.1) is 0 Å². The summed E-state index contributed by atoms with van der Waals surface area (Å²) < 4.78 is 8.03. The molecule has 1 heterocycles. The van der Waals surface area contributed by atoms with Crippen LogP contribution in [0.25, 0.3) is 11.0 Å². The molecule has 0 aliphatic carbocycles. The highest BCUT2D eigenvalue weighted by molar-refractivity contribution is 5.81. The van der Waals surface area contributed by atoms with Crippen LogP contribution in [0.2, 0.25) is 0 Å². The molecule has 1 atom stereocenters. The van der Waals surface area contributed by atoms with E-state index in [1.165, 1.54) is 0 Å². The average molecular weight is 351 g/mol. The number of carbonyl (C=O) groups excluding carboxylic acids is 1. The molecule has 136 valence electrons. The number of aromatic nitrogens is 2. The zero-order chi connectivity index (χ0) is 18.5. The molecule has 1 amide bonds. The van der Waals surface area contributed by atoms with Gasteiger partial charge in [-0.15, -0.1) is 0 Å². The molecule has 3 rings (SSSR count). The first-order valence-electron chi connectivity index (χ1n) is 9.08. The van der Waals surface area contributed by atoms with E-state index in [1.807, 2.05) is 84.8 Å². The van der Waals surface area contributed by atoms with Gasteiger partial charge in [0, 0.05) is 13.1 Å². The maximum atomic E-state index is 12.7. The number of hydrogen-bond donors (Lipinski definition) is 0. The van der Waals surface area contributed by atoms with Gasteiger partial charge in [-0.1, -0.05) is 30.3 Å². The van der Waals surface area contributed by atoms with E-state index in [1.54, 1.807) is 0 Å². The summed E-state index contributed by atoms with van der Waals surface area (Å²) in [5.74, 6) is 1.63. The number of ether oxygens (including phenoxy) is 1. The highest BCUT2D eigenvalue weighted by atomic mass is 16.5. The second-order valence-electron chi connectivity index (χ2n) is 6.18. The van der Waals surface area contributed by atoms with Crippen LogP contribution in [-0.2, 0) is 11.3 Å². The van der Waals surface area contributed by atoms with Crippen molar-refractivity contribution in [2.45, 2.75) is 33.4 Å². The average Bonchev–Trinajstić information content (AvgIpc) is 3.02. The van der Waals surface area contributed by atoms with Crippen molar-refractivity contribution in [3.05, 3.63) is 60.4 Å². The molecule has 0 aliphatic heterocycles. The zero-order valence-electron chi connectivity index (χ0n) is 15.6. The third kappa shape index (κ3) is 3.72. The van der Waals surface area contributed by atoms with Crippen LogP contribution in [0.4, 0.5) is 0 Å². The van der Waals surface area contributed by atoms with Crippen molar-refractivity contribution in [1.82, 2.24) is 14.5 Å². The molecule has 0 saturated heterocycles. The molecule has 0 radical (unpaired) electrons. The Morgan fingerprint density at radius 2 is 1.73 bits per heavy atom. The fourth-order valence-electron chi connectivity index (χ4n) is 3.14. The molecule has 0 bridgehead atoms. The van der Waals surface area contributed by atoms with Gasteiger partial charge in [-0.2, -0.15) is 0 Å². The molecule has 26 heavy (non-hydrogen) atoms. The fourth-order valence-corrected chi connectivity index (χ4v) is 3.14. The lowest BCUT2D eigenvalue weighted by molar-refractivity contribution is -0.131. The smallest absolute Gasteiger partial charge is 0.242 e. The molecule has 5 nitrogen and oxygen atoms in total. The minimum atomic E-state index is -0.269. The van der Waals surface area contributed by atoms with Crippen LogP contribution >= 0.6 is 0 Å². The molecule has 1 aromatic heterocycles. The topological polar surface area (TPSA) is 47.4 Å². The van der Waals surface area contributed by atoms with Gasteiger partial charge in [-0.3, -0.25) is 4.79 Å². The number of nitrogens with zero attached hydrogens (tertiary/aromatic N) is 3. The summed E-state index contributed by atoms with van der Waals surface area (Å²) in [5.41, 5.74) is 1.82. The Bertz CT molecular complexity index is 869. The van der Waals surface area contributed by atoms with Crippen molar-refractivity contribution in [2.75, 3.05) is 13.1 Å². The molecular formula is C21H25N3O2. The van der Waals surface area contributed by atoms with Gasteiger partial charge in [-0.05, 0) is 45.0 Å². The van der Waals surface area contributed by atoms with E-state index in [4.69, 9.17) is 9.72 Å². The predicted octanol–water partition coefficient (Wildman–Crippen LogP) is 4.04. The number of benzene rings is 2. The molecule has 0 N–H and O–H groups in total. The number of fused-ring (bicyclic) bond motifs is 1. The van der Waals surface area contributed by atoms with Crippen LogP contribution < -0.4 is 4.74 Å². The molecule has 3 aromatic rings. The number of likely N-dealkylation sites (N-methyl/N-ethyl adjacent to an activating group) is 1. The number of rotatable bonds is 7. The highest BCUT2D eigenvalue weighted by Crippen LogP contribution is 2.25. The van der Waals surface area contributed by atoms with E-state index in [-0.39, 0.29) is 18.6 Å². The minimum absolute atomic E-state index is 0.0892. The van der Waals surface area contributed by atoms with E-state index in [2.05, 4.69) is 0 Å². The lowest BCUT2D eigenvalue weighted by atomic mass is 10.3. The summed E-state index contributed by atoms with van der Waals surface area (Å²) in [7, 11) is 0. The Labute approximate surface area is 154 Å². The molecule has 2 aromatic carbocycles. The normalized spacial score (nSPS) is 12.1. The van der Waals surface area contributed by atoms with Crippen molar-refractivity contribution < 1.29 is 9.53 Å². The third-order valence-electron chi connectivity index (χ3n) is 4.51. The largest absolute Gasteiger partial charge is 0.483 e. The van der Waals surface area contributed by atoms with E-state index >= 15 is 0 Å². The van der Waals surface area contributed by atoms with Gasteiger partial charge in [0.25, 0.3) is 0 Å². The third-order valence-corrected chi connectivity index (χ3v) is 4.51. The van der Waals surface area contributed by atoms with Gasteiger partial charge in [0.2, 0.25) is 5.91 Å². The number of para-hydroxylation sites is 3. The van der Waals surface area contributed by atoms with E-state index in [0.29, 0.717) is 13.1 Å². The van der Waals surface area contributed by atoms with Gasteiger partial charge < -0.3 is 14.2 Å². The highest BCUT2D eigenvalue weighted by Gasteiger charge is 2.21. The Morgan fingerprint density at radius 1 is 1.08 bits per heavy atom. The van der Waals surface area contributed by atoms with Crippen LogP contribution in [0.3, 0.4) is 0 Å². The summed E-state index contributed by atoms with van der Waals surface area (Å²) in [5, 5.41) is 0. The summed E-state index contributed by atoms with van der Waals surface area (Å²) in [4.78, 5) is 19.3.